The number of benzene rings is 1. The van der Waals surface area contributed by atoms with Crippen LogP contribution in [0, 0.1) is 0 Å². The van der Waals surface area contributed by atoms with Gasteiger partial charge < -0.3 is 20.4 Å². The van der Waals surface area contributed by atoms with E-state index in [1.807, 2.05) is 0 Å². The molecule has 1 aromatic carbocycles. The largest absolute Gasteiger partial charge is 0.478 e. The second-order valence-corrected chi connectivity index (χ2v) is 5.37. The van der Waals surface area contributed by atoms with E-state index in [0.717, 1.165) is 6.07 Å². The molecule has 0 aromatic heterocycles. The van der Waals surface area contributed by atoms with Gasteiger partial charge in [-0.15, -0.1) is 0 Å². The van der Waals surface area contributed by atoms with Crippen molar-refractivity contribution in [2.75, 3.05) is 0 Å². The monoisotopic (exact) mass is 306 g/mol. The normalized spacial score (nSPS) is 12.2. The van der Waals surface area contributed by atoms with Crippen LogP contribution in [0.15, 0.2) is 23.1 Å². The first kappa shape index (κ1) is 16.0. The molecule has 0 atom stereocenters. The molecule has 0 aliphatic heterocycles. The number of carbonyl (C=O) groups is 2. The zero-order valence-corrected chi connectivity index (χ0v) is 10.8. The number of aliphatic hydroxyl groups is 2. The minimum Gasteiger partial charge on any atom is -0.478 e. The lowest BCUT2D eigenvalue weighted by atomic mass is 10.1. The van der Waals surface area contributed by atoms with Crippen LogP contribution in [0.1, 0.15) is 27.6 Å². The van der Waals surface area contributed by atoms with E-state index in [0.29, 0.717) is 19.1 Å². The number of hydrogen-bond donors (Lipinski definition) is 4. The van der Waals surface area contributed by atoms with Gasteiger partial charge in [-0.3, -0.25) is 0 Å². The molecule has 0 bridgehead atoms. The third-order valence-electron chi connectivity index (χ3n) is 1.96. The molecule has 0 radical (unpaired) electrons. The number of hydrogen-bond acceptors (Lipinski definition) is 7. The Morgan fingerprint density at radius 1 is 1.05 bits per heavy atom. The van der Waals surface area contributed by atoms with Crippen molar-refractivity contribution in [3.8, 4) is 0 Å². The molecule has 0 heterocycles. The first-order chi connectivity index (χ1) is 8.92. The van der Waals surface area contributed by atoms with Gasteiger partial charge in [0.05, 0.1) is 16.0 Å². The van der Waals surface area contributed by atoms with Crippen molar-refractivity contribution >= 4 is 22.1 Å². The lowest BCUT2D eigenvalue weighted by Gasteiger charge is -2.16. The molecule has 10 heteroatoms. The van der Waals surface area contributed by atoms with Gasteiger partial charge in [0.25, 0.3) is 5.97 Å². The molecule has 0 spiro atoms. The van der Waals surface area contributed by atoms with Crippen LogP contribution in [0.2, 0.25) is 0 Å². The second kappa shape index (κ2) is 5.17. The lowest BCUT2D eigenvalue weighted by molar-refractivity contribution is -0.275. The summed E-state index contributed by atoms with van der Waals surface area (Å²) < 4.78 is 27.3. The van der Waals surface area contributed by atoms with Crippen LogP contribution in [0.4, 0.5) is 0 Å². The molecule has 0 saturated carbocycles. The van der Waals surface area contributed by atoms with E-state index in [-0.39, 0.29) is 0 Å². The summed E-state index contributed by atoms with van der Waals surface area (Å²) in [4.78, 5) is 20.8. The maximum absolute atomic E-state index is 11.7. The van der Waals surface area contributed by atoms with E-state index in [1.165, 1.54) is 0 Å². The SMILES string of the molecule is CC(O)(O)OS(=O)(=O)c1cc(C(=O)O)cc(C(=O)O)c1. The fourth-order valence-electron chi connectivity index (χ4n) is 1.25. The summed E-state index contributed by atoms with van der Waals surface area (Å²) in [5.41, 5.74) is -1.21. The maximum Gasteiger partial charge on any atom is 0.335 e. The third-order valence-corrected chi connectivity index (χ3v) is 3.30. The molecule has 4 N–H and O–H groups in total. The van der Waals surface area contributed by atoms with E-state index in [1.54, 1.807) is 0 Å². The summed E-state index contributed by atoms with van der Waals surface area (Å²) >= 11 is 0. The average Bonchev–Trinajstić information content (AvgIpc) is 2.25. The highest BCUT2D eigenvalue weighted by atomic mass is 32.2. The summed E-state index contributed by atoms with van der Waals surface area (Å²) in [5.74, 6) is -6.14. The molecule has 0 unspecified atom stereocenters. The summed E-state index contributed by atoms with van der Waals surface area (Å²) in [6.07, 6.45) is 0. The lowest BCUT2D eigenvalue weighted by Crippen LogP contribution is -2.30. The molecule has 9 nitrogen and oxygen atoms in total. The van der Waals surface area contributed by atoms with Crippen molar-refractivity contribution in [3.63, 3.8) is 0 Å². The third kappa shape index (κ3) is 3.99. The van der Waals surface area contributed by atoms with Crippen molar-refractivity contribution in [1.82, 2.24) is 0 Å². The van der Waals surface area contributed by atoms with Crippen LogP contribution >= 0.6 is 0 Å². The molecular weight excluding hydrogens is 296 g/mol. The van der Waals surface area contributed by atoms with Gasteiger partial charge in [0, 0.05) is 6.92 Å². The zero-order valence-electron chi connectivity index (χ0n) is 9.97. The molecule has 0 aliphatic rings. The predicted octanol–water partition coefficient (Wildman–Crippen LogP) is -0.553. The van der Waals surface area contributed by atoms with Crippen molar-refractivity contribution in [1.29, 1.82) is 0 Å². The van der Waals surface area contributed by atoms with Crippen molar-refractivity contribution in [2.45, 2.75) is 17.8 Å². The smallest absolute Gasteiger partial charge is 0.335 e. The molecular formula is C10H10O9S. The number of rotatable bonds is 5. The summed E-state index contributed by atoms with van der Waals surface area (Å²) in [6, 6.07) is 2.02. The topological polar surface area (TPSA) is 158 Å². The molecule has 1 aromatic rings. The number of carboxylic acids is 2. The van der Waals surface area contributed by atoms with Crippen LogP contribution < -0.4 is 0 Å². The van der Waals surface area contributed by atoms with Gasteiger partial charge in [-0.05, 0) is 18.2 Å². The molecule has 0 amide bonds. The van der Waals surface area contributed by atoms with Gasteiger partial charge in [0.15, 0.2) is 0 Å². The van der Waals surface area contributed by atoms with E-state index < -0.39 is 44.1 Å². The Morgan fingerprint density at radius 2 is 1.45 bits per heavy atom. The van der Waals surface area contributed by atoms with Crippen LogP contribution in [0.3, 0.4) is 0 Å². The first-order valence-corrected chi connectivity index (χ1v) is 6.35. The van der Waals surface area contributed by atoms with Crippen LogP contribution in [0.25, 0.3) is 0 Å². The summed E-state index contributed by atoms with van der Waals surface area (Å²) in [6.45, 7) is 0.615. The highest BCUT2D eigenvalue weighted by Crippen LogP contribution is 2.20. The van der Waals surface area contributed by atoms with E-state index in [2.05, 4.69) is 4.18 Å². The Kier molecular flexibility index (Phi) is 4.15. The fraction of sp³-hybridized carbons (Fsp3) is 0.200. The highest BCUT2D eigenvalue weighted by Gasteiger charge is 2.29. The van der Waals surface area contributed by atoms with Gasteiger partial charge in [-0.2, -0.15) is 8.42 Å². The van der Waals surface area contributed by atoms with Crippen molar-refractivity contribution in [3.05, 3.63) is 29.3 Å². The van der Waals surface area contributed by atoms with Gasteiger partial charge in [-0.25, -0.2) is 13.8 Å². The Labute approximate surface area is 112 Å². The van der Waals surface area contributed by atoms with Gasteiger partial charge >= 0.3 is 22.1 Å². The Bertz CT molecular complexity index is 622. The minimum absolute atomic E-state index is 0.607. The first-order valence-electron chi connectivity index (χ1n) is 4.94. The molecule has 110 valence electrons. The Hall–Kier alpha value is -2.01. The van der Waals surface area contributed by atoms with E-state index >= 15 is 0 Å². The molecule has 1 rings (SSSR count). The Balaban J connectivity index is 3.45. The standard InChI is InChI=1S/C10H10O9S/c1-10(15,16)19-20(17,18)7-3-5(8(11)12)2-6(4-7)9(13)14/h2-4,15-16H,1H3,(H,11,12)(H,13,14). The quantitative estimate of drug-likeness (QED) is 0.413. The maximum atomic E-state index is 11.7. The van der Waals surface area contributed by atoms with Crippen molar-refractivity contribution in [2.24, 2.45) is 0 Å². The summed E-state index contributed by atoms with van der Waals surface area (Å²) in [5, 5.41) is 35.4. The molecule has 0 aliphatic carbocycles. The van der Waals surface area contributed by atoms with Gasteiger partial charge in [-0.1, -0.05) is 0 Å². The zero-order chi connectivity index (χ0) is 15.7. The predicted molar refractivity (Wildman–Crippen MR) is 61.5 cm³/mol. The Morgan fingerprint density at radius 3 is 1.75 bits per heavy atom. The van der Waals surface area contributed by atoms with Crippen LogP contribution in [-0.2, 0) is 14.3 Å². The number of carboxylic acid groups (broad SMARTS) is 2. The molecule has 0 saturated heterocycles. The fourth-order valence-corrected chi connectivity index (χ4v) is 2.30. The molecule has 0 fully saturated rings. The van der Waals surface area contributed by atoms with Crippen LogP contribution in [0.5, 0.6) is 0 Å². The highest BCUT2D eigenvalue weighted by molar-refractivity contribution is 7.86. The minimum atomic E-state index is -4.76. The molecule has 20 heavy (non-hydrogen) atoms. The van der Waals surface area contributed by atoms with E-state index in [4.69, 9.17) is 20.4 Å². The van der Waals surface area contributed by atoms with Crippen molar-refractivity contribution < 1.29 is 42.6 Å². The van der Waals surface area contributed by atoms with Crippen LogP contribution in [-0.4, -0.2) is 46.8 Å². The average molecular weight is 306 g/mol. The summed E-state index contributed by atoms with van der Waals surface area (Å²) in [7, 11) is -4.76. The van der Waals surface area contributed by atoms with E-state index in [9.17, 15) is 18.0 Å². The van der Waals surface area contributed by atoms with Gasteiger partial charge in [0.1, 0.15) is 0 Å². The second-order valence-electron chi connectivity index (χ2n) is 3.83. The number of aromatic carboxylic acids is 2. The van der Waals surface area contributed by atoms with Gasteiger partial charge in [0.2, 0.25) is 0 Å².